The molecule has 1 aromatic carbocycles. The molecular weight excluding hydrogens is 356 g/mol. The molecule has 27 heavy (non-hydrogen) atoms. The Balaban J connectivity index is 0.00000210. The van der Waals surface area contributed by atoms with Gasteiger partial charge in [0.15, 0.2) is 0 Å². The Hall–Kier alpha value is -0.770. The van der Waals surface area contributed by atoms with Crippen molar-refractivity contribution in [3.05, 3.63) is 30.3 Å². The first-order valence-electron chi connectivity index (χ1n) is 10.8. The van der Waals surface area contributed by atoms with Crippen molar-refractivity contribution in [1.82, 2.24) is 4.90 Å². The molecule has 0 unspecified atom stereocenters. The number of halogens is 1. The summed E-state index contributed by atoms with van der Waals surface area (Å²) in [5.74, 6) is 1.78. The summed E-state index contributed by atoms with van der Waals surface area (Å²) in [6.07, 6.45) is 8.50. The molecular formula is C23H37ClN2O. The van der Waals surface area contributed by atoms with E-state index >= 15 is 0 Å². The van der Waals surface area contributed by atoms with Crippen LogP contribution in [0.2, 0.25) is 0 Å². The molecule has 0 bridgehead atoms. The van der Waals surface area contributed by atoms with Crippen LogP contribution in [0.3, 0.4) is 0 Å². The average molecular weight is 393 g/mol. The summed E-state index contributed by atoms with van der Waals surface area (Å²) in [6, 6.07) is 11.5. The first kappa shape index (κ1) is 21.0. The Morgan fingerprint density at radius 1 is 0.926 bits per heavy atom. The van der Waals surface area contributed by atoms with E-state index in [0.717, 1.165) is 56.8 Å². The van der Waals surface area contributed by atoms with E-state index in [1.54, 1.807) is 0 Å². The van der Waals surface area contributed by atoms with Gasteiger partial charge in [0.05, 0.1) is 11.6 Å². The third-order valence-electron chi connectivity index (χ3n) is 7.72. The van der Waals surface area contributed by atoms with Crippen molar-refractivity contribution in [2.24, 2.45) is 11.8 Å². The quantitative estimate of drug-likeness (QED) is 0.805. The van der Waals surface area contributed by atoms with Gasteiger partial charge in [-0.3, -0.25) is 0 Å². The Morgan fingerprint density at radius 3 is 2.15 bits per heavy atom. The first-order chi connectivity index (χ1) is 12.6. The number of piperidine rings is 1. The van der Waals surface area contributed by atoms with Crippen LogP contribution in [0.25, 0.3) is 0 Å². The lowest BCUT2D eigenvalue weighted by atomic mass is 9.77. The third-order valence-corrected chi connectivity index (χ3v) is 7.72. The predicted molar refractivity (Wildman–Crippen MR) is 116 cm³/mol. The molecule has 2 saturated heterocycles. The fourth-order valence-corrected chi connectivity index (χ4v) is 5.93. The van der Waals surface area contributed by atoms with Crippen molar-refractivity contribution in [3.8, 4) is 0 Å². The molecule has 2 aliphatic heterocycles. The molecule has 3 nitrogen and oxygen atoms in total. The van der Waals surface area contributed by atoms with Gasteiger partial charge in [-0.25, -0.2) is 0 Å². The summed E-state index contributed by atoms with van der Waals surface area (Å²) in [7, 11) is 0. The number of nitrogens with zero attached hydrogens (tertiary/aromatic N) is 2. The SMILES string of the molecule is CC(C)C1CCC(N2CCC3(CC2)[C@@H](O)CCN3c2ccccc2)CC1.Cl. The largest absolute Gasteiger partial charge is 0.391 e. The lowest BCUT2D eigenvalue weighted by molar-refractivity contribution is 0.0290. The summed E-state index contributed by atoms with van der Waals surface area (Å²) in [6.45, 7) is 8.06. The minimum Gasteiger partial charge on any atom is -0.391 e. The maximum Gasteiger partial charge on any atom is 0.0789 e. The van der Waals surface area contributed by atoms with E-state index in [4.69, 9.17) is 0 Å². The zero-order chi connectivity index (χ0) is 18.1. The first-order valence-corrected chi connectivity index (χ1v) is 10.8. The summed E-state index contributed by atoms with van der Waals surface area (Å²) < 4.78 is 0. The molecule has 0 radical (unpaired) electrons. The van der Waals surface area contributed by atoms with Gasteiger partial charge in [0.25, 0.3) is 0 Å². The van der Waals surface area contributed by atoms with E-state index in [0.29, 0.717) is 0 Å². The van der Waals surface area contributed by atoms with Crippen molar-refractivity contribution in [1.29, 1.82) is 0 Å². The maximum atomic E-state index is 10.9. The van der Waals surface area contributed by atoms with Gasteiger partial charge in [0.2, 0.25) is 0 Å². The summed E-state index contributed by atoms with van der Waals surface area (Å²) in [4.78, 5) is 5.26. The molecule has 4 rings (SSSR count). The van der Waals surface area contributed by atoms with E-state index in [1.165, 1.54) is 31.4 Å². The number of benzene rings is 1. The Kier molecular flexibility index (Phi) is 6.76. The van der Waals surface area contributed by atoms with Crippen LogP contribution in [0.5, 0.6) is 0 Å². The maximum absolute atomic E-state index is 10.9. The van der Waals surface area contributed by atoms with Crippen LogP contribution in [0.15, 0.2) is 30.3 Å². The Bertz CT molecular complexity index is 577. The van der Waals surface area contributed by atoms with Crippen molar-refractivity contribution in [2.45, 2.75) is 76.5 Å². The zero-order valence-electron chi connectivity index (χ0n) is 17.0. The highest BCUT2D eigenvalue weighted by Crippen LogP contribution is 2.43. The van der Waals surface area contributed by atoms with Crippen molar-refractivity contribution >= 4 is 18.1 Å². The molecule has 1 N–H and O–H groups in total. The molecule has 2 heterocycles. The minimum absolute atomic E-state index is 0. The van der Waals surface area contributed by atoms with E-state index in [1.807, 2.05) is 0 Å². The Morgan fingerprint density at radius 2 is 1.56 bits per heavy atom. The molecule has 0 aromatic heterocycles. The summed E-state index contributed by atoms with van der Waals surface area (Å²) in [5, 5.41) is 10.9. The number of aliphatic hydroxyl groups excluding tert-OH is 1. The van der Waals surface area contributed by atoms with Gasteiger partial charge in [-0.15, -0.1) is 12.4 Å². The van der Waals surface area contributed by atoms with Gasteiger partial charge in [0, 0.05) is 31.4 Å². The minimum atomic E-state index is -0.179. The molecule has 1 spiro atoms. The topological polar surface area (TPSA) is 26.7 Å². The lowest BCUT2D eigenvalue weighted by Gasteiger charge is -2.50. The monoisotopic (exact) mass is 392 g/mol. The number of anilines is 1. The predicted octanol–water partition coefficient (Wildman–Crippen LogP) is 4.73. The van der Waals surface area contributed by atoms with Crippen LogP contribution < -0.4 is 4.90 Å². The van der Waals surface area contributed by atoms with Crippen LogP contribution in [-0.4, -0.2) is 47.3 Å². The molecule has 0 amide bonds. The zero-order valence-corrected chi connectivity index (χ0v) is 17.8. The second-order valence-electron chi connectivity index (χ2n) is 9.24. The molecule has 1 saturated carbocycles. The van der Waals surface area contributed by atoms with Crippen LogP contribution in [0.1, 0.15) is 58.8 Å². The molecule has 3 aliphatic rings. The van der Waals surface area contributed by atoms with Crippen LogP contribution in [0, 0.1) is 11.8 Å². The fourth-order valence-electron chi connectivity index (χ4n) is 5.93. The van der Waals surface area contributed by atoms with Crippen LogP contribution in [0.4, 0.5) is 5.69 Å². The fraction of sp³-hybridized carbons (Fsp3) is 0.739. The molecule has 4 heteroatoms. The van der Waals surface area contributed by atoms with Gasteiger partial charge < -0.3 is 14.9 Å². The highest BCUT2D eigenvalue weighted by molar-refractivity contribution is 5.85. The molecule has 1 aliphatic carbocycles. The van der Waals surface area contributed by atoms with Crippen molar-refractivity contribution in [3.63, 3.8) is 0 Å². The van der Waals surface area contributed by atoms with E-state index in [2.05, 4.69) is 54.0 Å². The number of para-hydroxylation sites is 1. The van der Waals surface area contributed by atoms with Crippen molar-refractivity contribution < 1.29 is 5.11 Å². The number of hydrogen-bond acceptors (Lipinski definition) is 3. The van der Waals surface area contributed by atoms with Gasteiger partial charge in [-0.2, -0.15) is 0 Å². The lowest BCUT2D eigenvalue weighted by Crippen LogP contribution is -2.59. The second-order valence-corrected chi connectivity index (χ2v) is 9.24. The van der Waals surface area contributed by atoms with Crippen LogP contribution in [-0.2, 0) is 0 Å². The average Bonchev–Trinajstić information content (AvgIpc) is 2.99. The Labute approximate surface area is 171 Å². The van der Waals surface area contributed by atoms with Gasteiger partial charge >= 0.3 is 0 Å². The second kappa shape index (κ2) is 8.71. The smallest absolute Gasteiger partial charge is 0.0789 e. The van der Waals surface area contributed by atoms with Gasteiger partial charge in [-0.1, -0.05) is 32.0 Å². The standard InChI is InChI=1S/C23H36N2O.ClH/c1-18(2)19-8-10-20(11-9-19)24-16-13-23(14-17-24)22(26)12-15-25(23)21-6-4-3-5-7-21;/h3-7,18-20,22,26H,8-17H2,1-2H3;1H/t19?,20?,22-;/m0./s1. The normalized spacial score (nSPS) is 31.3. The van der Waals surface area contributed by atoms with E-state index < -0.39 is 0 Å². The molecule has 1 aromatic rings. The number of hydrogen-bond donors (Lipinski definition) is 1. The van der Waals surface area contributed by atoms with E-state index in [-0.39, 0.29) is 24.0 Å². The van der Waals surface area contributed by atoms with Gasteiger partial charge in [0.1, 0.15) is 0 Å². The molecule has 152 valence electrons. The summed E-state index contributed by atoms with van der Waals surface area (Å²) >= 11 is 0. The summed E-state index contributed by atoms with van der Waals surface area (Å²) in [5.41, 5.74) is 1.25. The molecule has 3 fully saturated rings. The van der Waals surface area contributed by atoms with Crippen molar-refractivity contribution in [2.75, 3.05) is 24.5 Å². The van der Waals surface area contributed by atoms with E-state index in [9.17, 15) is 5.11 Å². The highest BCUT2D eigenvalue weighted by Gasteiger charge is 2.50. The van der Waals surface area contributed by atoms with Gasteiger partial charge in [-0.05, 0) is 68.9 Å². The number of aliphatic hydroxyl groups is 1. The van der Waals surface area contributed by atoms with Crippen LogP contribution >= 0.6 is 12.4 Å². The third kappa shape index (κ3) is 4.02. The highest BCUT2D eigenvalue weighted by atomic mass is 35.5. The number of likely N-dealkylation sites (tertiary alicyclic amines) is 1. The number of rotatable bonds is 3. The molecule has 1 atom stereocenters.